The Kier molecular flexibility index (Phi) is 5.31. The minimum atomic E-state index is -0.348. The molecule has 0 saturated carbocycles. The maximum atomic E-state index is 13.6. The molecule has 0 unspecified atom stereocenters. The highest BCUT2D eigenvalue weighted by Crippen LogP contribution is 2.39. The fraction of sp³-hybridized carbons (Fsp3) is 0.296. The van der Waals surface area contributed by atoms with Gasteiger partial charge in [0.25, 0.3) is 5.91 Å². The van der Waals surface area contributed by atoms with E-state index in [1.165, 1.54) is 15.9 Å². The van der Waals surface area contributed by atoms with Gasteiger partial charge in [-0.25, -0.2) is 14.6 Å². The molecule has 1 aliphatic carbocycles. The summed E-state index contributed by atoms with van der Waals surface area (Å²) in [5.41, 5.74) is 4.69. The number of pyridine rings is 2. The van der Waals surface area contributed by atoms with E-state index >= 15 is 0 Å². The van der Waals surface area contributed by atoms with Crippen LogP contribution in [0, 0.1) is 16.7 Å². The number of amides is 1. The van der Waals surface area contributed by atoms with E-state index in [2.05, 4.69) is 44.9 Å². The molecular weight excluding hydrogens is 468 g/mol. The van der Waals surface area contributed by atoms with Crippen molar-refractivity contribution in [1.29, 1.82) is 5.26 Å². The normalized spacial score (nSPS) is 15.8. The minimum absolute atomic E-state index is 0.131. The fourth-order valence-electron chi connectivity index (χ4n) is 5.41. The molecule has 0 saturated heterocycles. The van der Waals surface area contributed by atoms with Gasteiger partial charge in [-0.3, -0.25) is 9.69 Å². The third-order valence-corrected chi connectivity index (χ3v) is 7.04. The first-order valence-corrected chi connectivity index (χ1v) is 12.2. The van der Waals surface area contributed by atoms with Crippen LogP contribution < -0.4 is 10.2 Å². The summed E-state index contributed by atoms with van der Waals surface area (Å²) >= 11 is 0. The van der Waals surface area contributed by atoms with E-state index in [4.69, 9.17) is 0 Å². The molecule has 0 atom stereocenters. The standard InChI is InChI=1S/C27H26N8O2/c1-27(2)12-17-11-21-26(37)34(10-9-33(21)22(17)13-27)25-19(16-36)20(6-8-30-25)35-15-18(14-28)24(32-35)31-23-5-3-4-7-29-23/h3-8,11,15,36H,9-10,12-13,16H2,1-2H3,(H,29,31,32). The number of rotatable bonds is 5. The number of nitriles is 1. The van der Waals surface area contributed by atoms with Gasteiger partial charge in [0.15, 0.2) is 5.82 Å². The molecule has 2 aliphatic rings. The summed E-state index contributed by atoms with van der Waals surface area (Å²) in [6.07, 6.45) is 6.74. The monoisotopic (exact) mass is 494 g/mol. The lowest BCUT2D eigenvalue weighted by molar-refractivity contribution is 0.0962. The van der Waals surface area contributed by atoms with E-state index in [9.17, 15) is 15.2 Å². The van der Waals surface area contributed by atoms with Crippen LogP contribution in [0.4, 0.5) is 17.5 Å². The topological polar surface area (TPSA) is 125 Å². The summed E-state index contributed by atoms with van der Waals surface area (Å²) in [4.78, 5) is 24.0. The van der Waals surface area contributed by atoms with E-state index in [-0.39, 0.29) is 17.9 Å². The van der Waals surface area contributed by atoms with Gasteiger partial charge in [-0.1, -0.05) is 19.9 Å². The number of aliphatic hydroxyl groups excluding tert-OH is 1. The van der Waals surface area contributed by atoms with Crippen molar-refractivity contribution in [2.75, 3.05) is 16.8 Å². The fourth-order valence-corrected chi connectivity index (χ4v) is 5.41. The number of carbonyl (C=O) groups is 1. The minimum Gasteiger partial charge on any atom is -0.391 e. The van der Waals surface area contributed by atoms with Gasteiger partial charge >= 0.3 is 0 Å². The molecule has 1 aliphatic heterocycles. The summed E-state index contributed by atoms with van der Waals surface area (Å²) in [5, 5.41) is 27.7. The number of fused-ring (bicyclic) bond motifs is 3. The Morgan fingerprint density at radius 3 is 2.78 bits per heavy atom. The maximum absolute atomic E-state index is 13.6. The zero-order valence-electron chi connectivity index (χ0n) is 20.6. The molecule has 186 valence electrons. The van der Waals surface area contributed by atoms with E-state index in [0.717, 1.165) is 12.8 Å². The average Bonchev–Trinajstić information content (AvgIpc) is 3.54. The lowest BCUT2D eigenvalue weighted by Gasteiger charge is -2.30. The number of aromatic nitrogens is 5. The van der Waals surface area contributed by atoms with E-state index in [1.807, 2.05) is 12.1 Å². The van der Waals surface area contributed by atoms with Crippen molar-refractivity contribution in [3.8, 4) is 11.8 Å². The van der Waals surface area contributed by atoms with Crippen LogP contribution >= 0.6 is 0 Å². The van der Waals surface area contributed by atoms with Gasteiger partial charge in [0.05, 0.1) is 18.5 Å². The molecule has 2 N–H and O–H groups in total. The zero-order chi connectivity index (χ0) is 25.7. The predicted octanol–water partition coefficient (Wildman–Crippen LogP) is 3.36. The Hall–Kier alpha value is -4.49. The van der Waals surface area contributed by atoms with Crippen LogP contribution in [-0.4, -0.2) is 41.9 Å². The Labute approximate surface area is 213 Å². The third-order valence-electron chi connectivity index (χ3n) is 7.04. The van der Waals surface area contributed by atoms with Crippen molar-refractivity contribution in [1.82, 2.24) is 24.3 Å². The first kappa shape index (κ1) is 22.9. The number of nitrogens with zero attached hydrogens (tertiary/aromatic N) is 7. The molecule has 0 spiro atoms. The summed E-state index contributed by atoms with van der Waals surface area (Å²) < 4.78 is 3.67. The van der Waals surface area contributed by atoms with Crippen molar-refractivity contribution < 1.29 is 9.90 Å². The zero-order valence-corrected chi connectivity index (χ0v) is 20.6. The first-order chi connectivity index (χ1) is 17.9. The Bertz CT molecular complexity index is 1560. The lowest BCUT2D eigenvalue weighted by Crippen LogP contribution is -2.41. The number of aliphatic hydroxyl groups is 1. The van der Waals surface area contributed by atoms with Crippen LogP contribution in [0.2, 0.25) is 0 Å². The second kappa shape index (κ2) is 8.57. The van der Waals surface area contributed by atoms with Crippen LogP contribution in [0.25, 0.3) is 5.69 Å². The molecule has 0 aromatic carbocycles. The van der Waals surface area contributed by atoms with Crippen molar-refractivity contribution in [3.63, 3.8) is 0 Å². The van der Waals surface area contributed by atoms with Crippen LogP contribution in [0.15, 0.2) is 48.9 Å². The highest BCUT2D eigenvalue weighted by molar-refractivity contribution is 6.06. The third kappa shape index (κ3) is 3.84. The van der Waals surface area contributed by atoms with Crippen LogP contribution in [0.1, 0.15) is 46.7 Å². The second-order valence-corrected chi connectivity index (χ2v) is 10.2. The molecule has 0 fully saturated rings. The van der Waals surface area contributed by atoms with Crippen LogP contribution in [0.5, 0.6) is 0 Å². The number of hydrogen-bond acceptors (Lipinski definition) is 7. The van der Waals surface area contributed by atoms with Crippen molar-refractivity contribution in [2.24, 2.45) is 5.41 Å². The molecule has 37 heavy (non-hydrogen) atoms. The summed E-state index contributed by atoms with van der Waals surface area (Å²) in [6, 6.07) is 11.3. The molecule has 1 amide bonds. The van der Waals surface area contributed by atoms with Gasteiger partial charge in [-0.2, -0.15) is 5.26 Å². The van der Waals surface area contributed by atoms with Gasteiger partial charge < -0.3 is 15.0 Å². The number of anilines is 3. The van der Waals surface area contributed by atoms with Crippen LogP contribution in [-0.2, 0) is 26.0 Å². The molecule has 10 heteroatoms. The Morgan fingerprint density at radius 1 is 1.16 bits per heavy atom. The molecule has 0 bridgehead atoms. The van der Waals surface area contributed by atoms with Crippen molar-refractivity contribution in [2.45, 2.75) is 39.8 Å². The predicted molar refractivity (Wildman–Crippen MR) is 137 cm³/mol. The van der Waals surface area contributed by atoms with E-state index in [0.29, 0.717) is 53.1 Å². The van der Waals surface area contributed by atoms with Gasteiger partial charge in [0.2, 0.25) is 0 Å². The molecule has 6 rings (SSSR count). The van der Waals surface area contributed by atoms with Gasteiger partial charge in [0.1, 0.15) is 29.0 Å². The average molecular weight is 495 g/mol. The van der Waals surface area contributed by atoms with Gasteiger partial charge in [0, 0.05) is 36.7 Å². The summed E-state index contributed by atoms with van der Waals surface area (Å²) in [7, 11) is 0. The molecule has 5 heterocycles. The first-order valence-electron chi connectivity index (χ1n) is 12.2. The largest absolute Gasteiger partial charge is 0.391 e. The Morgan fingerprint density at radius 2 is 2.03 bits per heavy atom. The maximum Gasteiger partial charge on any atom is 0.276 e. The molecular formula is C27H26N8O2. The van der Waals surface area contributed by atoms with Crippen molar-refractivity contribution >= 4 is 23.4 Å². The number of carbonyl (C=O) groups excluding carboxylic acids is 1. The number of hydrogen-bond donors (Lipinski definition) is 2. The highest BCUT2D eigenvalue weighted by atomic mass is 16.3. The molecule has 4 aromatic rings. The van der Waals surface area contributed by atoms with Gasteiger partial charge in [-0.05, 0) is 48.1 Å². The summed E-state index contributed by atoms with van der Waals surface area (Å²) in [5.74, 6) is 1.16. The van der Waals surface area contributed by atoms with E-state index in [1.54, 1.807) is 41.7 Å². The number of nitrogens with one attached hydrogen (secondary N) is 1. The SMILES string of the molecule is CC1(C)Cc2cc3n(c2C1)CCN(c1nccc(-n2cc(C#N)c(Nc4ccccn4)n2)c1CO)C3=O. The second-order valence-electron chi connectivity index (χ2n) is 10.2. The van der Waals surface area contributed by atoms with Gasteiger partial charge in [-0.15, -0.1) is 5.10 Å². The lowest BCUT2D eigenvalue weighted by atomic mass is 9.90. The smallest absolute Gasteiger partial charge is 0.276 e. The van der Waals surface area contributed by atoms with Crippen molar-refractivity contribution in [3.05, 3.63) is 77.0 Å². The molecule has 0 radical (unpaired) electrons. The van der Waals surface area contributed by atoms with Crippen LogP contribution in [0.3, 0.4) is 0 Å². The highest BCUT2D eigenvalue weighted by Gasteiger charge is 2.37. The summed E-state index contributed by atoms with van der Waals surface area (Å²) in [6.45, 7) is 5.28. The molecule has 4 aromatic heterocycles. The quantitative estimate of drug-likeness (QED) is 0.436. The molecule has 10 nitrogen and oxygen atoms in total. The Balaban J connectivity index is 1.35. The van der Waals surface area contributed by atoms with E-state index < -0.39 is 0 Å².